The van der Waals surface area contributed by atoms with E-state index in [1.165, 1.54) is 0 Å². The summed E-state index contributed by atoms with van der Waals surface area (Å²) in [5, 5.41) is 5.90. The second-order valence-electron chi connectivity index (χ2n) is 7.32. The van der Waals surface area contributed by atoms with Gasteiger partial charge in [0.05, 0.1) is 6.04 Å². The minimum absolute atomic E-state index is 0.0244. The summed E-state index contributed by atoms with van der Waals surface area (Å²) in [7, 11) is 3.96. The van der Waals surface area contributed by atoms with Gasteiger partial charge in [-0.3, -0.25) is 9.59 Å². The molecule has 0 fully saturated rings. The summed E-state index contributed by atoms with van der Waals surface area (Å²) in [6, 6.07) is 27.5. The van der Waals surface area contributed by atoms with Gasteiger partial charge in [-0.1, -0.05) is 78.9 Å². The van der Waals surface area contributed by atoms with Crippen LogP contribution in [0.3, 0.4) is 0 Å². The average Bonchev–Trinajstić information content (AvgIpc) is 2.79. The topological polar surface area (TPSA) is 61.4 Å². The van der Waals surface area contributed by atoms with Crippen molar-refractivity contribution >= 4 is 11.8 Å². The quantitative estimate of drug-likeness (QED) is 0.607. The van der Waals surface area contributed by atoms with E-state index >= 15 is 0 Å². The van der Waals surface area contributed by atoms with E-state index in [1.54, 1.807) is 24.3 Å². The Morgan fingerprint density at radius 3 is 1.80 bits per heavy atom. The van der Waals surface area contributed by atoms with Gasteiger partial charge in [-0.2, -0.15) is 0 Å². The molecule has 2 atom stereocenters. The molecule has 0 bridgehead atoms. The molecule has 0 saturated carbocycles. The van der Waals surface area contributed by atoms with Gasteiger partial charge in [-0.25, -0.2) is 0 Å². The van der Waals surface area contributed by atoms with E-state index in [1.807, 2.05) is 80.8 Å². The first-order valence-electron chi connectivity index (χ1n) is 9.96. The fourth-order valence-electron chi connectivity index (χ4n) is 3.32. The van der Waals surface area contributed by atoms with Crippen LogP contribution in [0, 0.1) is 0 Å². The second kappa shape index (κ2) is 10.4. The van der Waals surface area contributed by atoms with Gasteiger partial charge in [0, 0.05) is 12.1 Å². The molecule has 0 heterocycles. The van der Waals surface area contributed by atoms with E-state index in [4.69, 9.17) is 0 Å². The molecule has 0 aromatic heterocycles. The lowest BCUT2D eigenvalue weighted by Crippen LogP contribution is -2.43. The molecule has 0 radical (unpaired) electrons. The van der Waals surface area contributed by atoms with Crippen LogP contribution < -0.4 is 10.6 Å². The molecule has 2 amide bonds. The lowest BCUT2D eigenvalue weighted by molar-refractivity contribution is -0.123. The molecule has 3 aromatic carbocycles. The molecule has 2 N–H and O–H groups in total. The Labute approximate surface area is 177 Å². The number of carbonyl (C=O) groups excluding carboxylic acids is 2. The molecule has 3 rings (SSSR count). The van der Waals surface area contributed by atoms with Crippen LogP contribution >= 0.6 is 0 Å². The van der Waals surface area contributed by atoms with E-state index in [0.29, 0.717) is 12.1 Å². The van der Waals surface area contributed by atoms with Gasteiger partial charge in [0.2, 0.25) is 5.91 Å². The predicted molar refractivity (Wildman–Crippen MR) is 119 cm³/mol. The maximum absolute atomic E-state index is 13.1. The van der Waals surface area contributed by atoms with Crippen molar-refractivity contribution in [2.24, 2.45) is 0 Å². The molecule has 0 aliphatic carbocycles. The first-order chi connectivity index (χ1) is 14.6. The largest absolute Gasteiger partial charge is 0.352 e. The Bertz CT molecular complexity index is 944. The summed E-state index contributed by atoms with van der Waals surface area (Å²) in [4.78, 5) is 27.9. The number of carbonyl (C=O) groups is 2. The van der Waals surface area contributed by atoms with Gasteiger partial charge in [0.25, 0.3) is 5.91 Å². The van der Waals surface area contributed by atoms with Crippen LogP contribution in [-0.2, 0) is 4.79 Å². The number of nitrogens with one attached hydrogen (secondary N) is 2. The molecule has 0 spiro atoms. The van der Waals surface area contributed by atoms with Crippen molar-refractivity contribution in [3.8, 4) is 0 Å². The number of hydrogen-bond acceptors (Lipinski definition) is 3. The van der Waals surface area contributed by atoms with Crippen LogP contribution in [0.15, 0.2) is 91.0 Å². The summed E-state index contributed by atoms with van der Waals surface area (Å²) in [6.45, 7) is 0.431. The third-order valence-corrected chi connectivity index (χ3v) is 4.98. The van der Waals surface area contributed by atoms with Crippen molar-refractivity contribution in [1.29, 1.82) is 0 Å². The maximum atomic E-state index is 13.1. The highest BCUT2D eigenvalue weighted by atomic mass is 16.2. The smallest absolute Gasteiger partial charge is 0.252 e. The highest BCUT2D eigenvalue weighted by molar-refractivity contribution is 5.97. The first kappa shape index (κ1) is 21.3. The molecule has 0 aliphatic rings. The van der Waals surface area contributed by atoms with Gasteiger partial charge < -0.3 is 15.5 Å². The summed E-state index contributed by atoms with van der Waals surface area (Å²) >= 11 is 0. The zero-order valence-corrected chi connectivity index (χ0v) is 17.3. The summed E-state index contributed by atoms with van der Waals surface area (Å²) in [5.41, 5.74) is 2.37. The minimum atomic E-state index is -0.780. The molecule has 154 valence electrons. The van der Waals surface area contributed by atoms with Crippen molar-refractivity contribution in [2.75, 3.05) is 20.6 Å². The molecule has 2 unspecified atom stereocenters. The van der Waals surface area contributed by atoms with Crippen LogP contribution in [0.1, 0.15) is 33.6 Å². The third kappa shape index (κ3) is 5.55. The van der Waals surface area contributed by atoms with Gasteiger partial charge >= 0.3 is 0 Å². The van der Waals surface area contributed by atoms with Crippen LogP contribution in [-0.4, -0.2) is 37.4 Å². The van der Waals surface area contributed by atoms with Gasteiger partial charge in [-0.05, 0) is 37.4 Å². The maximum Gasteiger partial charge on any atom is 0.252 e. The monoisotopic (exact) mass is 401 g/mol. The Hall–Kier alpha value is -3.44. The highest BCUT2D eigenvalue weighted by Gasteiger charge is 2.24. The van der Waals surface area contributed by atoms with Crippen LogP contribution in [0.2, 0.25) is 0 Å². The van der Waals surface area contributed by atoms with Crippen LogP contribution in [0.4, 0.5) is 0 Å². The van der Waals surface area contributed by atoms with Crippen molar-refractivity contribution in [1.82, 2.24) is 15.5 Å². The van der Waals surface area contributed by atoms with E-state index < -0.39 is 6.04 Å². The van der Waals surface area contributed by atoms with E-state index in [9.17, 15) is 9.59 Å². The number of hydrogen-bond donors (Lipinski definition) is 2. The lowest BCUT2D eigenvalue weighted by atomic mass is 10.0. The van der Waals surface area contributed by atoms with E-state index in [-0.39, 0.29) is 17.9 Å². The molecule has 0 aliphatic heterocycles. The standard InChI is InChI=1S/C25H27N3O2/c1-28(2)22(19-12-6-3-7-13-19)18-26-25(30)23(20-14-8-4-9-15-20)27-24(29)21-16-10-5-11-17-21/h3-17,22-23H,18H2,1-2H3,(H,26,30)(H,27,29). The summed E-state index contributed by atoms with van der Waals surface area (Å²) in [5.74, 6) is -0.528. The SMILES string of the molecule is CN(C)C(CNC(=O)C(NC(=O)c1ccccc1)c1ccccc1)c1ccccc1. The van der Waals surface area contributed by atoms with Crippen LogP contribution in [0.5, 0.6) is 0 Å². The summed E-state index contributed by atoms with van der Waals surface area (Å²) < 4.78 is 0. The zero-order valence-electron chi connectivity index (χ0n) is 17.3. The Kier molecular flexibility index (Phi) is 7.35. The van der Waals surface area contributed by atoms with Crippen molar-refractivity contribution < 1.29 is 9.59 Å². The fourth-order valence-corrected chi connectivity index (χ4v) is 3.32. The van der Waals surface area contributed by atoms with Crippen molar-refractivity contribution in [2.45, 2.75) is 12.1 Å². The Morgan fingerprint density at radius 1 is 0.767 bits per heavy atom. The van der Waals surface area contributed by atoms with E-state index in [0.717, 1.165) is 11.1 Å². The molecule has 3 aromatic rings. The molecule has 5 nitrogen and oxygen atoms in total. The predicted octanol–water partition coefficient (Wildman–Crippen LogP) is 3.58. The average molecular weight is 402 g/mol. The molecule has 5 heteroatoms. The van der Waals surface area contributed by atoms with Crippen LogP contribution in [0.25, 0.3) is 0 Å². The van der Waals surface area contributed by atoms with E-state index in [2.05, 4.69) is 15.5 Å². The van der Waals surface area contributed by atoms with Gasteiger partial charge in [-0.15, -0.1) is 0 Å². The molecule has 0 saturated heterocycles. The Balaban J connectivity index is 1.76. The molecular formula is C25H27N3O2. The molecular weight excluding hydrogens is 374 g/mol. The van der Waals surface area contributed by atoms with Crippen molar-refractivity contribution in [3.63, 3.8) is 0 Å². The lowest BCUT2D eigenvalue weighted by Gasteiger charge is -2.26. The van der Waals surface area contributed by atoms with Gasteiger partial charge in [0.15, 0.2) is 0 Å². The number of amides is 2. The highest BCUT2D eigenvalue weighted by Crippen LogP contribution is 2.18. The normalized spacial score (nSPS) is 12.8. The summed E-state index contributed by atoms with van der Waals surface area (Å²) in [6.07, 6.45) is 0. The number of nitrogens with zero attached hydrogens (tertiary/aromatic N) is 1. The van der Waals surface area contributed by atoms with Crippen molar-refractivity contribution in [3.05, 3.63) is 108 Å². The number of likely N-dealkylation sites (N-methyl/N-ethyl adjacent to an activating group) is 1. The zero-order chi connectivity index (χ0) is 21.3. The minimum Gasteiger partial charge on any atom is -0.352 e. The number of rotatable bonds is 8. The fraction of sp³-hybridized carbons (Fsp3) is 0.200. The third-order valence-electron chi connectivity index (χ3n) is 4.98. The number of benzene rings is 3. The first-order valence-corrected chi connectivity index (χ1v) is 9.96. The van der Waals surface area contributed by atoms with Gasteiger partial charge in [0.1, 0.15) is 6.04 Å². The molecule has 30 heavy (non-hydrogen) atoms. The second-order valence-corrected chi connectivity index (χ2v) is 7.32. The Morgan fingerprint density at radius 2 is 1.27 bits per heavy atom.